The Balaban J connectivity index is 2.47. The van der Waals surface area contributed by atoms with E-state index in [1.54, 1.807) is 13.8 Å². The Hall–Kier alpha value is -0.220. The van der Waals surface area contributed by atoms with E-state index >= 15 is 0 Å². The molecule has 0 saturated carbocycles. The smallest absolute Gasteiger partial charge is 0.264 e. The number of alkyl halides is 2. The minimum absolute atomic E-state index is 0.216. The molecule has 1 aliphatic heterocycles. The Bertz CT molecular complexity index is 130. The standard InChI is InChI=1S/C7H12F2O2/c1-4-3-10-5(2)11-6(4)7(8)9/h4-7H,3H2,1-2H3. The van der Waals surface area contributed by atoms with E-state index in [0.717, 1.165) is 0 Å². The normalized spacial score (nSPS) is 39.5. The van der Waals surface area contributed by atoms with Gasteiger partial charge in [-0.25, -0.2) is 8.78 Å². The number of hydrogen-bond acceptors (Lipinski definition) is 2. The summed E-state index contributed by atoms with van der Waals surface area (Å²) < 4.78 is 34.2. The van der Waals surface area contributed by atoms with Crippen LogP contribution in [0.1, 0.15) is 13.8 Å². The average Bonchev–Trinajstić information content (AvgIpc) is 1.94. The van der Waals surface area contributed by atoms with Crippen molar-refractivity contribution in [2.45, 2.75) is 32.7 Å². The van der Waals surface area contributed by atoms with E-state index in [4.69, 9.17) is 9.47 Å². The summed E-state index contributed by atoms with van der Waals surface area (Å²) in [4.78, 5) is 0. The molecular formula is C7H12F2O2. The van der Waals surface area contributed by atoms with Crippen LogP contribution in [0.3, 0.4) is 0 Å². The first kappa shape index (κ1) is 8.87. The molecule has 0 amide bonds. The molecule has 0 N–H and O–H groups in total. The van der Waals surface area contributed by atoms with Crippen LogP contribution in [0.5, 0.6) is 0 Å². The number of halogens is 2. The van der Waals surface area contributed by atoms with Gasteiger partial charge in [0, 0.05) is 5.92 Å². The van der Waals surface area contributed by atoms with Crippen molar-refractivity contribution in [3.8, 4) is 0 Å². The maximum Gasteiger partial charge on any atom is 0.264 e. The molecule has 1 fully saturated rings. The van der Waals surface area contributed by atoms with Gasteiger partial charge in [0.05, 0.1) is 6.61 Å². The highest BCUT2D eigenvalue weighted by molar-refractivity contribution is 4.71. The molecule has 1 rings (SSSR count). The first-order chi connectivity index (χ1) is 5.11. The molecule has 66 valence electrons. The molecule has 4 heteroatoms. The lowest BCUT2D eigenvalue weighted by atomic mass is 10.1. The largest absolute Gasteiger partial charge is 0.353 e. The molecule has 3 atom stereocenters. The van der Waals surface area contributed by atoms with Crippen LogP contribution in [0.2, 0.25) is 0 Å². The van der Waals surface area contributed by atoms with Crippen LogP contribution in [0.25, 0.3) is 0 Å². The van der Waals surface area contributed by atoms with Gasteiger partial charge in [-0.2, -0.15) is 0 Å². The maximum atomic E-state index is 12.2. The lowest BCUT2D eigenvalue weighted by molar-refractivity contribution is -0.251. The van der Waals surface area contributed by atoms with E-state index < -0.39 is 18.8 Å². The van der Waals surface area contributed by atoms with Gasteiger partial charge in [0.1, 0.15) is 6.10 Å². The van der Waals surface area contributed by atoms with E-state index in [9.17, 15) is 8.78 Å². The summed E-state index contributed by atoms with van der Waals surface area (Å²) in [5.74, 6) is -0.216. The highest BCUT2D eigenvalue weighted by Crippen LogP contribution is 2.22. The van der Waals surface area contributed by atoms with Crippen molar-refractivity contribution in [2.75, 3.05) is 6.61 Å². The Morgan fingerprint density at radius 1 is 1.36 bits per heavy atom. The molecule has 0 aromatic heterocycles. The fourth-order valence-corrected chi connectivity index (χ4v) is 1.08. The number of ether oxygens (including phenoxy) is 2. The average molecular weight is 166 g/mol. The van der Waals surface area contributed by atoms with Crippen molar-refractivity contribution in [3.63, 3.8) is 0 Å². The summed E-state index contributed by atoms with van der Waals surface area (Å²) in [6, 6.07) is 0. The van der Waals surface area contributed by atoms with Crippen molar-refractivity contribution in [1.29, 1.82) is 0 Å². The third-order valence-corrected chi connectivity index (χ3v) is 1.75. The van der Waals surface area contributed by atoms with Crippen LogP contribution >= 0.6 is 0 Å². The number of rotatable bonds is 1. The quantitative estimate of drug-likeness (QED) is 0.589. The van der Waals surface area contributed by atoms with Crippen LogP contribution < -0.4 is 0 Å². The zero-order valence-corrected chi connectivity index (χ0v) is 6.59. The maximum absolute atomic E-state index is 12.2. The summed E-state index contributed by atoms with van der Waals surface area (Å²) >= 11 is 0. The van der Waals surface area contributed by atoms with E-state index in [1.807, 2.05) is 0 Å². The second kappa shape index (κ2) is 3.45. The Kier molecular flexibility index (Phi) is 2.78. The van der Waals surface area contributed by atoms with Crippen molar-refractivity contribution in [3.05, 3.63) is 0 Å². The fraction of sp³-hybridized carbons (Fsp3) is 1.00. The van der Waals surface area contributed by atoms with Crippen LogP contribution in [0.4, 0.5) is 8.78 Å². The van der Waals surface area contributed by atoms with Crippen molar-refractivity contribution in [2.24, 2.45) is 5.92 Å². The molecule has 1 saturated heterocycles. The van der Waals surface area contributed by atoms with Gasteiger partial charge >= 0.3 is 0 Å². The summed E-state index contributed by atoms with van der Waals surface area (Å²) in [5, 5.41) is 0. The van der Waals surface area contributed by atoms with Crippen molar-refractivity contribution >= 4 is 0 Å². The monoisotopic (exact) mass is 166 g/mol. The lowest BCUT2D eigenvalue weighted by Crippen LogP contribution is -2.41. The molecule has 3 unspecified atom stereocenters. The second-order valence-electron chi connectivity index (χ2n) is 2.81. The highest BCUT2D eigenvalue weighted by Gasteiger charge is 2.33. The van der Waals surface area contributed by atoms with Gasteiger partial charge in [0.2, 0.25) is 0 Å². The zero-order valence-electron chi connectivity index (χ0n) is 6.59. The topological polar surface area (TPSA) is 18.5 Å². The second-order valence-corrected chi connectivity index (χ2v) is 2.81. The van der Waals surface area contributed by atoms with E-state index in [-0.39, 0.29) is 5.92 Å². The van der Waals surface area contributed by atoms with Gasteiger partial charge in [0.25, 0.3) is 6.43 Å². The zero-order chi connectivity index (χ0) is 8.43. The van der Waals surface area contributed by atoms with Gasteiger partial charge in [-0.05, 0) is 6.92 Å². The lowest BCUT2D eigenvalue weighted by Gasteiger charge is -2.32. The van der Waals surface area contributed by atoms with Crippen LogP contribution in [-0.2, 0) is 9.47 Å². The Morgan fingerprint density at radius 2 is 2.00 bits per heavy atom. The highest BCUT2D eigenvalue weighted by atomic mass is 19.3. The van der Waals surface area contributed by atoms with E-state index in [2.05, 4.69) is 0 Å². The van der Waals surface area contributed by atoms with Gasteiger partial charge in [-0.1, -0.05) is 6.92 Å². The van der Waals surface area contributed by atoms with Gasteiger partial charge in [-0.3, -0.25) is 0 Å². The SMILES string of the molecule is CC1OCC(C)C(C(F)F)O1. The molecule has 1 heterocycles. The molecular weight excluding hydrogens is 154 g/mol. The van der Waals surface area contributed by atoms with Crippen LogP contribution in [0.15, 0.2) is 0 Å². The Labute approximate surface area is 64.5 Å². The van der Waals surface area contributed by atoms with E-state index in [0.29, 0.717) is 6.61 Å². The Morgan fingerprint density at radius 3 is 2.45 bits per heavy atom. The summed E-state index contributed by atoms with van der Waals surface area (Å²) in [6.07, 6.45) is -3.86. The molecule has 0 aromatic carbocycles. The molecule has 0 aromatic rings. The molecule has 0 spiro atoms. The van der Waals surface area contributed by atoms with Gasteiger partial charge in [-0.15, -0.1) is 0 Å². The van der Waals surface area contributed by atoms with E-state index in [1.165, 1.54) is 0 Å². The molecule has 0 radical (unpaired) electrons. The molecule has 0 aliphatic carbocycles. The summed E-state index contributed by atoms with van der Waals surface area (Å²) in [6.45, 7) is 3.68. The van der Waals surface area contributed by atoms with Gasteiger partial charge < -0.3 is 9.47 Å². The number of hydrogen-bond donors (Lipinski definition) is 0. The predicted molar refractivity (Wildman–Crippen MR) is 35.5 cm³/mol. The molecule has 2 nitrogen and oxygen atoms in total. The molecule has 11 heavy (non-hydrogen) atoms. The fourth-order valence-electron chi connectivity index (χ4n) is 1.08. The first-order valence-electron chi connectivity index (χ1n) is 3.66. The van der Waals surface area contributed by atoms with Gasteiger partial charge in [0.15, 0.2) is 6.29 Å². The van der Waals surface area contributed by atoms with Crippen molar-refractivity contribution in [1.82, 2.24) is 0 Å². The third-order valence-electron chi connectivity index (χ3n) is 1.75. The van der Waals surface area contributed by atoms with Crippen LogP contribution in [0, 0.1) is 5.92 Å². The minimum atomic E-state index is -2.41. The summed E-state index contributed by atoms with van der Waals surface area (Å²) in [5.41, 5.74) is 0. The minimum Gasteiger partial charge on any atom is -0.353 e. The predicted octanol–water partition coefficient (Wildman–Crippen LogP) is 1.65. The van der Waals surface area contributed by atoms with Crippen LogP contribution in [-0.4, -0.2) is 25.4 Å². The third kappa shape index (κ3) is 2.10. The molecule has 1 aliphatic rings. The molecule has 0 bridgehead atoms. The van der Waals surface area contributed by atoms with Crippen molar-refractivity contribution < 1.29 is 18.3 Å². The summed E-state index contributed by atoms with van der Waals surface area (Å²) in [7, 11) is 0. The first-order valence-corrected chi connectivity index (χ1v) is 3.66.